The van der Waals surface area contributed by atoms with Crippen LogP contribution in [0, 0.1) is 11.6 Å². The van der Waals surface area contributed by atoms with Crippen molar-refractivity contribution in [3.63, 3.8) is 0 Å². The van der Waals surface area contributed by atoms with Gasteiger partial charge in [0.2, 0.25) is 0 Å². The summed E-state index contributed by atoms with van der Waals surface area (Å²) in [5, 5.41) is 9.44. The molecule has 1 saturated heterocycles. The van der Waals surface area contributed by atoms with E-state index < -0.39 is 46.6 Å². The van der Waals surface area contributed by atoms with Crippen LogP contribution in [0.2, 0.25) is 0 Å². The van der Waals surface area contributed by atoms with E-state index in [9.17, 15) is 23.5 Å². The van der Waals surface area contributed by atoms with Crippen LogP contribution in [0.5, 0.6) is 0 Å². The Labute approximate surface area is 245 Å². The zero-order valence-electron chi connectivity index (χ0n) is 23.1. The third kappa shape index (κ3) is 4.90. The van der Waals surface area contributed by atoms with Gasteiger partial charge in [0.15, 0.2) is 5.54 Å². The van der Waals surface area contributed by atoms with Crippen molar-refractivity contribution < 1.29 is 37.0 Å². The number of piperidine rings is 1. The molecule has 3 aromatic rings. The largest absolute Gasteiger partial charge is 0.477 e. The van der Waals surface area contributed by atoms with Crippen LogP contribution >= 0.6 is 0 Å². The summed E-state index contributed by atoms with van der Waals surface area (Å²) in [5.74, 6) is -7.67. The van der Waals surface area contributed by atoms with Gasteiger partial charge < -0.3 is 14.7 Å². The summed E-state index contributed by atoms with van der Waals surface area (Å²) in [6, 6.07) is 16.4. The SMILES string of the molecule is O=C1N(CCCN2CCC3(CC2C(F)(F)C(=O)O)OCc2ccccc23)C=NC1(c1ccc(F)cc1)c1ccc(F)cc1. The highest BCUT2D eigenvalue weighted by atomic mass is 19.3. The van der Waals surface area contributed by atoms with Gasteiger partial charge in [0.25, 0.3) is 5.91 Å². The summed E-state index contributed by atoms with van der Waals surface area (Å²) in [5.41, 5.74) is -0.0425. The number of nitrogens with zero attached hydrogens (tertiary/aromatic N) is 3. The number of halogens is 4. The van der Waals surface area contributed by atoms with E-state index in [1.807, 2.05) is 24.3 Å². The fraction of sp³-hybridized carbons (Fsp3) is 0.344. The molecular weight excluding hydrogens is 566 g/mol. The van der Waals surface area contributed by atoms with Gasteiger partial charge in [-0.1, -0.05) is 48.5 Å². The Balaban J connectivity index is 1.20. The Bertz CT molecular complexity index is 1520. The van der Waals surface area contributed by atoms with Crippen molar-refractivity contribution >= 4 is 18.2 Å². The van der Waals surface area contributed by atoms with Crippen LogP contribution in [0.4, 0.5) is 17.6 Å². The molecule has 1 spiro atoms. The van der Waals surface area contributed by atoms with Crippen molar-refractivity contribution in [1.29, 1.82) is 0 Å². The maximum Gasteiger partial charge on any atom is 0.376 e. The van der Waals surface area contributed by atoms with Gasteiger partial charge in [0.05, 0.1) is 24.6 Å². The van der Waals surface area contributed by atoms with Crippen LogP contribution in [-0.4, -0.2) is 64.7 Å². The van der Waals surface area contributed by atoms with Gasteiger partial charge in [0, 0.05) is 26.1 Å². The molecule has 3 aromatic carbocycles. The molecule has 224 valence electrons. The highest BCUT2D eigenvalue weighted by molar-refractivity contribution is 6.03. The molecule has 1 fully saturated rings. The Morgan fingerprint density at radius 1 is 0.977 bits per heavy atom. The van der Waals surface area contributed by atoms with Gasteiger partial charge in [-0.2, -0.15) is 8.78 Å². The van der Waals surface area contributed by atoms with Crippen molar-refractivity contribution in [2.24, 2.45) is 4.99 Å². The molecule has 3 aliphatic heterocycles. The summed E-state index contributed by atoms with van der Waals surface area (Å²) < 4.78 is 63.9. The van der Waals surface area contributed by atoms with E-state index >= 15 is 8.78 Å². The number of carboxylic acid groups (broad SMARTS) is 1. The van der Waals surface area contributed by atoms with E-state index in [1.54, 1.807) is 0 Å². The summed E-state index contributed by atoms with van der Waals surface area (Å²) in [6.45, 7) is 0.669. The van der Waals surface area contributed by atoms with Gasteiger partial charge in [-0.3, -0.25) is 9.69 Å². The molecule has 0 radical (unpaired) electrons. The molecule has 2 atom stereocenters. The van der Waals surface area contributed by atoms with Gasteiger partial charge in [-0.25, -0.2) is 18.6 Å². The molecule has 7 nitrogen and oxygen atoms in total. The molecule has 1 amide bonds. The average Bonchev–Trinajstić information content (AvgIpc) is 3.52. The lowest BCUT2D eigenvalue weighted by Crippen LogP contribution is -2.59. The second-order valence-electron chi connectivity index (χ2n) is 11.2. The zero-order chi connectivity index (χ0) is 30.4. The minimum atomic E-state index is -4.03. The Hall–Kier alpha value is -4.09. The number of rotatable bonds is 8. The molecule has 3 aliphatic rings. The maximum absolute atomic E-state index is 15.2. The Morgan fingerprint density at radius 3 is 2.23 bits per heavy atom. The molecule has 2 unspecified atom stereocenters. The van der Waals surface area contributed by atoms with E-state index in [0.29, 0.717) is 17.5 Å². The normalized spacial score (nSPS) is 23.2. The van der Waals surface area contributed by atoms with Crippen molar-refractivity contribution in [2.45, 2.75) is 49.0 Å². The number of aliphatic imine (C=N–C) groups is 1. The Kier molecular flexibility index (Phi) is 7.34. The number of hydrogen-bond acceptors (Lipinski definition) is 5. The molecule has 0 aliphatic carbocycles. The lowest BCUT2D eigenvalue weighted by molar-refractivity contribution is -0.191. The number of amides is 1. The number of carbonyl (C=O) groups excluding carboxylic acids is 1. The number of alkyl halides is 2. The second kappa shape index (κ2) is 10.9. The summed E-state index contributed by atoms with van der Waals surface area (Å²) in [4.78, 5) is 32.9. The van der Waals surface area contributed by atoms with Crippen molar-refractivity contribution in [3.05, 3.63) is 107 Å². The number of likely N-dealkylation sites (tertiary alicyclic amines) is 1. The predicted molar refractivity (Wildman–Crippen MR) is 148 cm³/mol. The molecule has 3 heterocycles. The molecule has 0 saturated carbocycles. The van der Waals surface area contributed by atoms with E-state index in [2.05, 4.69) is 4.99 Å². The fourth-order valence-corrected chi connectivity index (χ4v) is 6.57. The molecule has 1 N–H and O–H groups in total. The summed E-state index contributed by atoms with van der Waals surface area (Å²) in [6.07, 6.45) is 1.83. The standard InChI is InChI=1S/C32H29F4N3O4/c33-24-10-6-22(7-11-24)31(23-8-12-25(34)13-9-23)28(40)39(20-37-31)16-3-15-38-17-14-30(18-27(38)32(35,36)29(41)42)26-5-2-1-4-21(26)19-43-30/h1-2,4-13,20,27H,3,14-19H2,(H,41,42). The number of aliphatic carboxylic acids is 1. The molecule has 43 heavy (non-hydrogen) atoms. The van der Waals surface area contributed by atoms with Crippen LogP contribution in [0.25, 0.3) is 0 Å². The maximum atomic E-state index is 15.2. The summed E-state index contributed by atoms with van der Waals surface area (Å²) >= 11 is 0. The van der Waals surface area contributed by atoms with Crippen molar-refractivity contribution in [1.82, 2.24) is 9.80 Å². The summed E-state index contributed by atoms with van der Waals surface area (Å²) in [7, 11) is 0. The highest BCUT2D eigenvalue weighted by Gasteiger charge is 2.57. The molecule has 0 bridgehead atoms. The molecule has 11 heteroatoms. The molecular formula is C32H29F4N3O4. The Morgan fingerprint density at radius 2 is 1.60 bits per heavy atom. The van der Waals surface area contributed by atoms with Crippen molar-refractivity contribution in [2.75, 3.05) is 19.6 Å². The van der Waals surface area contributed by atoms with Crippen LogP contribution in [0.3, 0.4) is 0 Å². The quantitative estimate of drug-likeness (QED) is 0.368. The van der Waals surface area contributed by atoms with Gasteiger partial charge >= 0.3 is 11.9 Å². The number of carbonyl (C=O) groups is 2. The van der Waals surface area contributed by atoms with Gasteiger partial charge in [0.1, 0.15) is 11.6 Å². The van der Waals surface area contributed by atoms with E-state index in [-0.39, 0.29) is 39.1 Å². The second-order valence-corrected chi connectivity index (χ2v) is 11.2. The number of ether oxygens (including phenoxy) is 1. The third-order valence-electron chi connectivity index (χ3n) is 8.81. The smallest absolute Gasteiger partial charge is 0.376 e. The minimum absolute atomic E-state index is 0.100. The van der Waals surface area contributed by atoms with Crippen LogP contribution in [0.15, 0.2) is 77.8 Å². The first-order valence-electron chi connectivity index (χ1n) is 14.0. The number of hydrogen-bond donors (Lipinski definition) is 1. The van der Waals surface area contributed by atoms with Crippen molar-refractivity contribution in [3.8, 4) is 0 Å². The van der Waals surface area contributed by atoms with Crippen LogP contribution < -0.4 is 0 Å². The average molecular weight is 596 g/mol. The molecule has 6 rings (SSSR count). The van der Waals surface area contributed by atoms with Crippen LogP contribution in [0.1, 0.15) is 41.5 Å². The fourth-order valence-electron chi connectivity index (χ4n) is 6.57. The van der Waals surface area contributed by atoms with E-state index in [0.717, 1.165) is 11.1 Å². The first-order chi connectivity index (χ1) is 20.6. The first kappa shape index (κ1) is 29.0. The van der Waals surface area contributed by atoms with Gasteiger partial charge in [-0.05, 0) is 59.4 Å². The lowest BCUT2D eigenvalue weighted by atomic mass is 9.78. The number of benzene rings is 3. The van der Waals surface area contributed by atoms with E-state index in [1.165, 1.54) is 64.7 Å². The topological polar surface area (TPSA) is 82.4 Å². The highest BCUT2D eigenvalue weighted by Crippen LogP contribution is 2.48. The van der Waals surface area contributed by atoms with Gasteiger partial charge in [-0.15, -0.1) is 0 Å². The first-order valence-corrected chi connectivity index (χ1v) is 14.0. The predicted octanol–water partition coefficient (Wildman–Crippen LogP) is 5.08. The number of carboxylic acids is 1. The lowest BCUT2D eigenvalue weighted by Gasteiger charge is -2.46. The zero-order valence-corrected chi connectivity index (χ0v) is 23.1. The molecule has 0 aromatic heterocycles. The number of fused-ring (bicyclic) bond motifs is 2. The third-order valence-corrected chi connectivity index (χ3v) is 8.81. The van der Waals surface area contributed by atoms with E-state index in [4.69, 9.17) is 4.74 Å². The minimum Gasteiger partial charge on any atom is -0.477 e. The van der Waals surface area contributed by atoms with Crippen LogP contribution in [-0.2, 0) is 32.1 Å². The monoisotopic (exact) mass is 595 g/mol.